The van der Waals surface area contributed by atoms with Gasteiger partial charge in [0, 0.05) is 31.2 Å². The lowest BCUT2D eigenvalue weighted by atomic mass is 9.99. The number of nitrogens with one attached hydrogen (secondary N) is 1. The van der Waals surface area contributed by atoms with Crippen LogP contribution < -0.4 is 9.62 Å². The molecule has 0 bridgehead atoms. The second-order valence-electron chi connectivity index (χ2n) is 7.01. The monoisotopic (exact) mass is 413 g/mol. The second-order valence-corrected chi connectivity index (χ2v) is 9.65. The van der Waals surface area contributed by atoms with Crippen molar-refractivity contribution in [3.8, 4) is 11.1 Å². The van der Waals surface area contributed by atoms with E-state index < -0.39 is 10.0 Å². The SMILES string of the molecule is O=S(=O)(NCC1CCCN(c2nccs2)C1)c1cccc(-c2ccccc2)c1. The third-order valence-corrected chi connectivity index (χ3v) is 7.28. The molecule has 2 aromatic carbocycles. The quantitative estimate of drug-likeness (QED) is 0.663. The molecule has 1 unspecified atom stereocenters. The number of benzene rings is 2. The molecule has 28 heavy (non-hydrogen) atoms. The van der Waals surface area contributed by atoms with E-state index in [1.165, 1.54) is 0 Å². The molecule has 4 rings (SSSR count). The van der Waals surface area contributed by atoms with Crippen LogP contribution in [-0.2, 0) is 10.0 Å². The van der Waals surface area contributed by atoms with E-state index in [0.29, 0.717) is 11.4 Å². The van der Waals surface area contributed by atoms with Crippen LogP contribution in [-0.4, -0.2) is 33.0 Å². The Morgan fingerprint density at radius 1 is 1.11 bits per heavy atom. The van der Waals surface area contributed by atoms with Gasteiger partial charge in [0.15, 0.2) is 5.13 Å². The van der Waals surface area contributed by atoms with Crippen molar-refractivity contribution in [2.45, 2.75) is 17.7 Å². The Morgan fingerprint density at radius 3 is 2.71 bits per heavy atom. The van der Waals surface area contributed by atoms with Gasteiger partial charge in [-0.15, -0.1) is 11.3 Å². The molecule has 2 heterocycles. The predicted molar refractivity (Wildman–Crippen MR) is 114 cm³/mol. The molecule has 3 aromatic rings. The maximum Gasteiger partial charge on any atom is 0.240 e. The first-order valence-electron chi connectivity index (χ1n) is 9.41. The van der Waals surface area contributed by atoms with Gasteiger partial charge < -0.3 is 4.90 Å². The van der Waals surface area contributed by atoms with Crippen LogP contribution >= 0.6 is 11.3 Å². The summed E-state index contributed by atoms with van der Waals surface area (Å²) in [6.45, 7) is 2.26. The van der Waals surface area contributed by atoms with Crippen LogP contribution in [0.2, 0.25) is 0 Å². The fourth-order valence-electron chi connectivity index (χ4n) is 3.56. The lowest BCUT2D eigenvalue weighted by Gasteiger charge is -2.32. The van der Waals surface area contributed by atoms with E-state index in [-0.39, 0.29) is 5.92 Å². The van der Waals surface area contributed by atoms with Gasteiger partial charge in [-0.1, -0.05) is 42.5 Å². The van der Waals surface area contributed by atoms with E-state index >= 15 is 0 Å². The molecule has 0 radical (unpaired) electrons. The van der Waals surface area contributed by atoms with Gasteiger partial charge in [-0.25, -0.2) is 18.1 Å². The zero-order valence-corrected chi connectivity index (χ0v) is 17.1. The second kappa shape index (κ2) is 8.43. The van der Waals surface area contributed by atoms with Crippen LogP contribution in [0.15, 0.2) is 71.1 Å². The molecule has 7 heteroatoms. The summed E-state index contributed by atoms with van der Waals surface area (Å²) >= 11 is 1.63. The zero-order chi connectivity index (χ0) is 19.4. The Hall–Kier alpha value is -2.22. The van der Waals surface area contributed by atoms with Crippen LogP contribution in [0, 0.1) is 5.92 Å². The van der Waals surface area contributed by atoms with Crippen LogP contribution in [0.4, 0.5) is 5.13 Å². The van der Waals surface area contributed by atoms with Gasteiger partial charge in [0.25, 0.3) is 0 Å². The molecule has 1 saturated heterocycles. The summed E-state index contributed by atoms with van der Waals surface area (Å²) in [6.07, 6.45) is 3.88. The summed E-state index contributed by atoms with van der Waals surface area (Å²) in [5, 5.41) is 2.99. The maximum atomic E-state index is 12.8. The van der Waals surface area contributed by atoms with Crippen LogP contribution in [0.3, 0.4) is 0 Å². The highest BCUT2D eigenvalue weighted by atomic mass is 32.2. The van der Waals surface area contributed by atoms with Gasteiger partial charge in [-0.3, -0.25) is 0 Å². The van der Waals surface area contributed by atoms with E-state index in [4.69, 9.17) is 0 Å². The van der Waals surface area contributed by atoms with Crippen LogP contribution in [0.25, 0.3) is 11.1 Å². The van der Waals surface area contributed by atoms with Crippen LogP contribution in [0.5, 0.6) is 0 Å². The minimum absolute atomic E-state index is 0.282. The molecule has 0 spiro atoms. The number of sulfonamides is 1. The smallest absolute Gasteiger partial charge is 0.240 e. The fraction of sp³-hybridized carbons (Fsp3) is 0.286. The van der Waals surface area contributed by atoms with Crippen molar-refractivity contribution in [2.24, 2.45) is 5.92 Å². The fourth-order valence-corrected chi connectivity index (χ4v) is 5.40. The zero-order valence-electron chi connectivity index (χ0n) is 15.5. The summed E-state index contributed by atoms with van der Waals surface area (Å²) in [7, 11) is -3.54. The molecule has 1 N–H and O–H groups in total. The molecule has 1 aliphatic heterocycles. The summed E-state index contributed by atoms with van der Waals surface area (Å²) < 4.78 is 28.5. The van der Waals surface area contributed by atoms with Gasteiger partial charge in [-0.05, 0) is 42.0 Å². The number of thiazole rings is 1. The molecule has 146 valence electrons. The van der Waals surface area contributed by atoms with Crippen molar-refractivity contribution in [2.75, 3.05) is 24.5 Å². The predicted octanol–water partition coefficient (Wildman–Crippen LogP) is 4.01. The third kappa shape index (κ3) is 4.43. The summed E-state index contributed by atoms with van der Waals surface area (Å²) in [6, 6.07) is 16.9. The normalized spacial score (nSPS) is 17.6. The van der Waals surface area contributed by atoms with Gasteiger partial charge in [0.05, 0.1) is 4.90 Å². The van der Waals surface area contributed by atoms with Gasteiger partial charge in [0.2, 0.25) is 10.0 Å². The molecule has 0 amide bonds. The Labute approximate surface area is 170 Å². The highest BCUT2D eigenvalue weighted by Gasteiger charge is 2.24. The molecule has 0 saturated carbocycles. The number of hydrogen-bond donors (Lipinski definition) is 1. The maximum absolute atomic E-state index is 12.8. The van der Waals surface area contributed by atoms with E-state index in [2.05, 4.69) is 14.6 Å². The molecular weight excluding hydrogens is 390 g/mol. The molecular formula is C21H23N3O2S2. The first-order valence-corrected chi connectivity index (χ1v) is 11.8. The molecule has 0 aliphatic carbocycles. The van der Waals surface area contributed by atoms with Crippen molar-refractivity contribution in [3.63, 3.8) is 0 Å². The Balaban J connectivity index is 1.43. The standard InChI is InChI=1S/C21H23N3O2S2/c25-28(26,20-10-4-9-19(14-20)18-7-2-1-3-8-18)23-15-17-6-5-12-24(16-17)21-22-11-13-27-21/h1-4,7-11,13-14,17,23H,5-6,12,15-16H2. The lowest BCUT2D eigenvalue weighted by Crippen LogP contribution is -2.41. The van der Waals surface area contributed by atoms with Crippen molar-refractivity contribution in [1.82, 2.24) is 9.71 Å². The number of rotatable bonds is 6. The van der Waals surface area contributed by atoms with E-state index in [0.717, 1.165) is 42.2 Å². The van der Waals surface area contributed by atoms with Gasteiger partial charge in [-0.2, -0.15) is 0 Å². The topological polar surface area (TPSA) is 62.3 Å². The first kappa shape index (κ1) is 19.1. The van der Waals surface area contributed by atoms with Crippen molar-refractivity contribution in [1.29, 1.82) is 0 Å². The third-order valence-electron chi connectivity index (χ3n) is 5.02. The number of piperidine rings is 1. The van der Waals surface area contributed by atoms with E-state index in [1.807, 2.05) is 48.0 Å². The van der Waals surface area contributed by atoms with E-state index in [9.17, 15) is 8.42 Å². The molecule has 1 aromatic heterocycles. The van der Waals surface area contributed by atoms with Crippen molar-refractivity contribution < 1.29 is 8.42 Å². The summed E-state index contributed by atoms with van der Waals surface area (Å²) in [5.74, 6) is 0.282. The van der Waals surface area contributed by atoms with Crippen molar-refractivity contribution in [3.05, 3.63) is 66.2 Å². The summed E-state index contributed by atoms with van der Waals surface area (Å²) in [5.41, 5.74) is 1.90. The Morgan fingerprint density at radius 2 is 1.93 bits per heavy atom. The number of nitrogens with zero attached hydrogens (tertiary/aromatic N) is 2. The van der Waals surface area contributed by atoms with E-state index in [1.54, 1.807) is 29.5 Å². The van der Waals surface area contributed by atoms with Crippen molar-refractivity contribution >= 4 is 26.5 Å². The van der Waals surface area contributed by atoms with Gasteiger partial charge >= 0.3 is 0 Å². The highest BCUT2D eigenvalue weighted by Crippen LogP contribution is 2.25. The highest BCUT2D eigenvalue weighted by molar-refractivity contribution is 7.89. The number of aromatic nitrogens is 1. The first-order chi connectivity index (χ1) is 13.6. The minimum Gasteiger partial charge on any atom is -0.348 e. The van der Waals surface area contributed by atoms with Crippen LogP contribution in [0.1, 0.15) is 12.8 Å². The molecule has 1 aliphatic rings. The largest absolute Gasteiger partial charge is 0.348 e. The van der Waals surface area contributed by atoms with Gasteiger partial charge in [0.1, 0.15) is 0 Å². The molecule has 1 atom stereocenters. The molecule has 1 fully saturated rings. The average molecular weight is 414 g/mol. The minimum atomic E-state index is -3.54. The Kier molecular flexibility index (Phi) is 5.75. The molecule has 5 nitrogen and oxygen atoms in total. The average Bonchev–Trinajstić information content (AvgIpc) is 3.28. The number of anilines is 1. The summed E-state index contributed by atoms with van der Waals surface area (Å²) in [4.78, 5) is 6.94. The number of hydrogen-bond acceptors (Lipinski definition) is 5. The lowest BCUT2D eigenvalue weighted by molar-refractivity contribution is 0.410. The Bertz CT molecular complexity index is 1010.